The Morgan fingerprint density at radius 3 is 2.44 bits per heavy atom. The van der Waals surface area contributed by atoms with Crippen LogP contribution in [-0.4, -0.2) is 41.3 Å². The van der Waals surface area contributed by atoms with Crippen LogP contribution in [0, 0.1) is 0 Å². The Bertz CT molecular complexity index is 457. The van der Waals surface area contributed by atoms with Gasteiger partial charge in [-0.15, -0.1) is 0 Å². The number of carbonyl (C=O) groups is 2. The molecule has 6 nitrogen and oxygen atoms in total. The number of hydrogen-bond donors (Lipinski definition) is 2. The minimum atomic E-state index is -0.383. The van der Waals surface area contributed by atoms with Crippen LogP contribution in [0.15, 0.2) is 23.1 Å². The fourth-order valence-corrected chi connectivity index (χ4v) is 1.50. The molecule has 98 valence electrons. The Morgan fingerprint density at radius 2 is 1.94 bits per heavy atom. The summed E-state index contributed by atoms with van der Waals surface area (Å²) >= 11 is 0. The number of rotatable bonds is 5. The Morgan fingerprint density at radius 1 is 1.28 bits per heavy atom. The van der Waals surface area contributed by atoms with Crippen molar-refractivity contribution in [1.29, 1.82) is 0 Å². The van der Waals surface area contributed by atoms with Gasteiger partial charge in [-0.05, 0) is 19.9 Å². The van der Waals surface area contributed by atoms with Crippen molar-refractivity contribution in [2.75, 3.05) is 19.6 Å². The van der Waals surface area contributed by atoms with Gasteiger partial charge in [0.15, 0.2) is 0 Å². The van der Waals surface area contributed by atoms with Gasteiger partial charge in [0.2, 0.25) is 11.5 Å². The normalized spacial score (nSPS) is 9.89. The van der Waals surface area contributed by atoms with Crippen molar-refractivity contribution in [2.45, 2.75) is 13.8 Å². The number of aromatic nitrogens is 1. The van der Waals surface area contributed by atoms with E-state index < -0.39 is 0 Å². The van der Waals surface area contributed by atoms with E-state index >= 15 is 0 Å². The van der Waals surface area contributed by atoms with Crippen LogP contribution in [0.1, 0.15) is 24.2 Å². The molecular formula is C12H17N3O3. The molecule has 0 atom stereocenters. The molecule has 0 fully saturated rings. The second-order valence-electron chi connectivity index (χ2n) is 3.69. The topological polar surface area (TPSA) is 82.3 Å². The van der Waals surface area contributed by atoms with Crippen LogP contribution in [0.4, 0.5) is 0 Å². The number of nitrogens with zero attached hydrogens (tertiary/aromatic N) is 1. The molecule has 1 aromatic rings. The highest BCUT2D eigenvalue weighted by Crippen LogP contribution is 1.93. The van der Waals surface area contributed by atoms with Gasteiger partial charge < -0.3 is 15.2 Å². The summed E-state index contributed by atoms with van der Waals surface area (Å²) in [4.78, 5) is 38.2. The molecule has 0 aliphatic rings. The second-order valence-corrected chi connectivity index (χ2v) is 3.69. The first-order valence-electron chi connectivity index (χ1n) is 5.83. The van der Waals surface area contributed by atoms with Gasteiger partial charge in [0.25, 0.3) is 5.91 Å². The number of nitrogens with one attached hydrogen (secondary N) is 2. The Labute approximate surface area is 105 Å². The Balaban J connectivity index is 2.53. The average Bonchev–Trinajstić information content (AvgIpc) is 2.38. The lowest BCUT2D eigenvalue weighted by atomic mass is 10.2. The molecule has 0 aliphatic heterocycles. The lowest BCUT2D eigenvalue weighted by Gasteiger charge is -2.18. The number of pyridine rings is 1. The van der Waals surface area contributed by atoms with E-state index in [0.717, 1.165) is 0 Å². The third kappa shape index (κ3) is 3.73. The van der Waals surface area contributed by atoms with Crippen LogP contribution in [0.3, 0.4) is 0 Å². The Kier molecular flexibility index (Phi) is 5.10. The first-order chi connectivity index (χ1) is 8.58. The smallest absolute Gasteiger partial charge is 0.253 e. The first-order valence-corrected chi connectivity index (χ1v) is 5.83. The van der Waals surface area contributed by atoms with Gasteiger partial charge in [0.05, 0.1) is 12.1 Å². The Hall–Kier alpha value is -2.11. The number of likely N-dealkylation sites (N-methyl/N-ethyl adjacent to an activating group) is 1. The van der Waals surface area contributed by atoms with Gasteiger partial charge in [0.1, 0.15) is 0 Å². The van der Waals surface area contributed by atoms with Crippen molar-refractivity contribution in [2.24, 2.45) is 0 Å². The number of hydrogen-bond acceptors (Lipinski definition) is 3. The molecule has 0 aliphatic carbocycles. The maximum atomic E-state index is 11.7. The van der Waals surface area contributed by atoms with E-state index in [-0.39, 0.29) is 23.9 Å². The minimum absolute atomic E-state index is 0.0420. The van der Waals surface area contributed by atoms with Gasteiger partial charge in [-0.25, -0.2) is 0 Å². The average molecular weight is 251 g/mol. The number of aromatic amines is 1. The molecule has 2 N–H and O–H groups in total. The quantitative estimate of drug-likeness (QED) is 0.771. The maximum absolute atomic E-state index is 11.7. The van der Waals surface area contributed by atoms with Crippen molar-refractivity contribution in [3.8, 4) is 0 Å². The van der Waals surface area contributed by atoms with Crippen molar-refractivity contribution >= 4 is 11.8 Å². The van der Waals surface area contributed by atoms with Gasteiger partial charge >= 0.3 is 0 Å². The number of H-pyrrole nitrogens is 1. The van der Waals surface area contributed by atoms with Crippen molar-refractivity contribution in [1.82, 2.24) is 15.2 Å². The molecule has 6 heteroatoms. The predicted octanol–water partition coefficient (Wildman–Crippen LogP) is -0.0269. The zero-order valence-corrected chi connectivity index (χ0v) is 10.5. The molecule has 0 unspecified atom stereocenters. The molecule has 0 spiro atoms. The molecule has 0 aromatic carbocycles. The lowest BCUT2D eigenvalue weighted by Crippen LogP contribution is -2.40. The highest BCUT2D eigenvalue weighted by molar-refractivity contribution is 5.96. The standard InChI is InChI=1S/C12H17N3O3/c1-3-15(4-2)11(17)8-14-12(18)9-5-6-10(16)13-7-9/h5-7H,3-4,8H2,1-2H3,(H,13,16)(H,14,18). The molecule has 1 heterocycles. The van der Waals surface area contributed by atoms with Gasteiger partial charge in [-0.1, -0.05) is 0 Å². The summed E-state index contributed by atoms with van der Waals surface area (Å²) < 4.78 is 0. The second kappa shape index (κ2) is 6.58. The third-order valence-corrected chi connectivity index (χ3v) is 2.56. The number of carbonyl (C=O) groups excluding carboxylic acids is 2. The highest BCUT2D eigenvalue weighted by atomic mass is 16.2. The SMILES string of the molecule is CCN(CC)C(=O)CNC(=O)c1ccc(=O)[nH]c1. The van der Waals surface area contributed by atoms with Crippen molar-refractivity contribution in [3.05, 3.63) is 34.2 Å². The van der Waals surface area contributed by atoms with Crippen LogP contribution in [0.5, 0.6) is 0 Å². The van der Waals surface area contributed by atoms with Crippen LogP contribution < -0.4 is 10.9 Å². The third-order valence-electron chi connectivity index (χ3n) is 2.56. The van der Waals surface area contributed by atoms with E-state index in [9.17, 15) is 14.4 Å². The van der Waals surface area contributed by atoms with E-state index in [1.54, 1.807) is 4.90 Å². The monoisotopic (exact) mass is 251 g/mol. The predicted molar refractivity (Wildman–Crippen MR) is 67.3 cm³/mol. The van der Waals surface area contributed by atoms with Gasteiger partial charge in [-0.2, -0.15) is 0 Å². The van der Waals surface area contributed by atoms with E-state index in [2.05, 4.69) is 10.3 Å². The van der Waals surface area contributed by atoms with E-state index in [1.807, 2.05) is 13.8 Å². The minimum Gasteiger partial charge on any atom is -0.343 e. The lowest BCUT2D eigenvalue weighted by molar-refractivity contribution is -0.129. The molecule has 0 bridgehead atoms. The number of amides is 2. The van der Waals surface area contributed by atoms with E-state index in [1.165, 1.54) is 18.3 Å². The summed E-state index contributed by atoms with van der Waals surface area (Å²) in [6.45, 7) is 4.95. The molecule has 1 rings (SSSR count). The van der Waals surface area contributed by atoms with Crippen LogP contribution in [0.25, 0.3) is 0 Å². The van der Waals surface area contributed by atoms with Gasteiger partial charge in [-0.3, -0.25) is 14.4 Å². The summed E-state index contributed by atoms with van der Waals surface area (Å²) in [6, 6.07) is 2.68. The van der Waals surface area contributed by atoms with Crippen LogP contribution >= 0.6 is 0 Å². The summed E-state index contributed by atoms with van der Waals surface area (Å²) in [5.74, 6) is -0.510. The fourth-order valence-electron chi connectivity index (χ4n) is 1.50. The van der Waals surface area contributed by atoms with Crippen molar-refractivity contribution < 1.29 is 9.59 Å². The fraction of sp³-hybridized carbons (Fsp3) is 0.417. The molecule has 18 heavy (non-hydrogen) atoms. The molecule has 2 amide bonds. The maximum Gasteiger partial charge on any atom is 0.253 e. The van der Waals surface area contributed by atoms with E-state index in [4.69, 9.17) is 0 Å². The molecule has 0 saturated carbocycles. The zero-order valence-electron chi connectivity index (χ0n) is 10.5. The molecular weight excluding hydrogens is 234 g/mol. The summed E-state index contributed by atoms with van der Waals surface area (Å²) in [7, 11) is 0. The summed E-state index contributed by atoms with van der Waals surface area (Å²) in [5, 5.41) is 2.52. The molecule has 0 saturated heterocycles. The zero-order chi connectivity index (χ0) is 13.5. The molecule has 0 radical (unpaired) electrons. The van der Waals surface area contributed by atoms with E-state index in [0.29, 0.717) is 18.7 Å². The van der Waals surface area contributed by atoms with Gasteiger partial charge in [0, 0.05) is 25.4 Å². The van der Waals surface area contributed by atoms with Crippen molar-refractivity contribution in [3.63, 3.8) is 0 Å². The van der Waals surface area contributed by atoms with Crippen LogP contribution in [-0.2, 0) is 4.79 Å². The summed E-state index contributed by atoms with van der Waals surface area (Å²) in [5.41, 5.74) is 0.0488. The van der Waals surface area contributed by atoms with Crippen LogP contribution in [0.2, 0.25) is 0 Å². The highest BCUT2D eigenvalue weighted by Gasteiger charge is 2.11. The molecule has 1 aromatic heterocycles. The largest absolute Gasteiger partial charge is 0.343 e. The first kappa shape index (κ1) is 14.0. The summed E-state index contributed by atoms with van der Waals surface area (Å²) in [6.07, 6.45) is 1.32.